The molecule has 1 N–H and O–H groups in total. The minimum Gasteiger partial charge on any atom is -0.472 e. The molecule has 0 atom stereocenters. The second-order valence-corrected chi connectivity index (χ2v) is 7.61. The molecule has 0 unspecified atom stereocenters. The Kier molecular flexibility index (Phi) is 5.65. The summed E-state index contributed by atoms with van der Waals surface area (Å²) < 4.78 is 5.00. The average Bonchev–Trinajstić information content (AvgIpc) is 3.16. The first-order valence-corrected chi connectivity index (χ1v) is 10.2. The first kappa shape index (κ1) is 18.6. The Balaban J connectivity index is 1.30. The minimum atomic E-state index is -0.0599. The van der Waals surface area contributed by atoms with Crippen LogP contribution in [0.25, 0.3) is 0 Å². The van der Waals surface area contributed by atoms with Crippen LogP contribution >= 0.6 is 0 Å². The predicted octanol–water partition coefficient (Wildman–Crippen LogP) is 3.22. The molecule has 0 spiro atoms. The number of amides is 3. The van der Waals surface area contributed by atoms with Crippen LogP contribution in [0.15, 0.2) is 41.2 Å². The van der Waals surface area contributed by atoms with Gasteiger partial charge in [-0.25, -0.2) is 4.79 Å². The number of nitrogens with one attached hydrogen (secondary N) is 1. The van der Waals surface area contributed by atoms with Gasteiger partial charge < -0.3 is 19.5 Å². The number of benzene rings is 1. The Bertz CT molecular complexity index is 832. The molecule has 2 aliphatic rings. The Morgan fingerprint density at radius 1 is 0.929 bits per heavy atom. The summed E-state index contributed by atoms with van der Waals surface area (Å²) in [5.41, 5.74) is 4.60. The lowest BCUT2D eigenvalue weighted by Gasteiger charge is -2.22. The topological polar surface area (TPSA) is 65.8 Å². The molecular formula is C22H27N3O3. The van der Waals surface area contributed by atoms with Gasteiger partial charge in [0.1, 0.15) is 6.26 Å². The van der Waals surface area contributed by atoms with Crippen molar-refractivity contribution in [1.82, 2.24) is 15.1 Å². The van der Waals surface area contributed by atoms with E-state index in [4.69, 9.17) is 4.42 Å². The quantitative estimate of drug-likeness (QED) is 0.888. The number of carbonyl (C=O) groups excluding carboxylic acids is 2. The molecule has 2 heterocycles. The molecule has 1 aromatic heterocycles. The summed E-state index contributed by atoms with van der Waals surface area (Å²) in [6.07, 6.45) is 8.59. The van der Waals surface area contributed by atoms with Crippen molar-refractivity contribution in [2.24, 2.45) is 0 Å². The Labute approximate surface area is 165 Å². The van der Waals surface area contributed by atoms with Crippen molar-refractivity contribution < 1.29 is 14.0 Å². The largest absolute Gasteiger partial charge is 0.472 e. The van der Waals surface area contributed by atoms with E-state index in [0.717, 1.165) is 18.4 Å². The van der Waals surface area contributed by atoms with Gasteiger partial charge in [-0.2, -0.15) is 0 Å². The van der Waals surface area contributed by atoms with Crippen LogP contribution in [0.1, 0.15) is 46.3 Å². The lowest BCUT2D eigenvalue weighted by molar-refractivity contribution is 0.0761. The fraction of sp³-hybridized carbons (Fsp3) is 0.455. The first-order valence-electron chi connectivity index (χ1n) is 10.2. The molecule has 1 saturated heterocycles. The molecule has 0 saturated carbocycles. The van der Waals surface area contributed by atoms with Crippen molar-refractivity contribution >= 4 is 11.9 Å². The van der Waals surface area contributed by atoms with Gasteiger partial charge in [0.15, 0.2) is 0 Å². The van der Waals surface area contributed by atoms with Crippen LogP contribution in [0.4, 0.5) is 4.79 Å². The zero-order valence-corrected chi connectivity index (χ0v) is 16.2. The Hall–Kier alpha value is -2.76. The van der Waals surface area contributed by atoms with E-state index < -0.39 is 0 Å². The molecule has 3 amide bonds. The van der Waals surface area contributed by atoms with E-state index in [9.17, 15) is 9.59 Å². The van der Waals surface area contributed by atoms with Gasteiger partial charge in [-0.3, -0.25) is 4.79 Å². The van der Waals surface area contributed by atoms with Crippen molar-refractivity contribution in [3.05, 3.63) is 59.0 Å². The molecule has 148 valence electrons. The first-order chi connectivity index (χ1) is 13.7. The number of hydrogen-bond donors (Lipinski definition) is 1. The number of aryl methyl sites for hydroxylation is 2. The fourth-order valence-electron chi connectivity index (χ4n) is 4.08. The molecule has 28 heavy (non-hydrogen) atoms. The highest BCUT2D eigenvalue weighted by Gasteiger charge is 2.23. The van der Waals surface area contributed by atoms with Gasteiger partial charge in [0, 0.05) is 32.7 Å². The van der Waals surface area contributed by atoms with Crippen LogP contribution in [0.3, 0.4) is 0 Å². The number of rotatable bonds is 3. The van der Waals surface area contributed by atoms with Crippen molar-refractivity contribution in [1.29, 1.82) is 0 Å². The molecule has 2 aromatic rings. The minimum absolute atomic E-state index is 0.0370. The predicted molar refractivity (Wildman–Crippen MR) is 106 cm³/mol. The van der Waals surface area contributed by atoms with Crippen molar-refractivity contribution in [3.8, 4) is 0 Å². The van der Waals surface area contributed by atoms with Crippen LogP contribution in [0.5, 0.6) is 0 Å². The summed E-state index contributed by atoms with van der Waals surface area (Å²) in [5.74, 6) is -0.0370. The third-order valence-electron chi connectivity index (χ3n) is 5.70. The molecule has 6 heteroatoms. The summed E-state index contributed by atoms with van der Waals surface area (Å²) >= 11 is 0. The summed E-state index contributed by atoms with van der Waals surface area (Å²) in [6.45, 7) is 2.93. The van der Waals surface area contributed by atoms with Crippen LogP contribution in [-0.2, 0) is 19.4 Å². The number of hydrogen-bond acceptors (Lipinski definition) is 3. The summed E-state index contributed by atoms with van der Waals surface area (Å²) in [5, 5.41) is 3.04. The Morgan fingerprint density at radius 3 is 2.54 bits per heavy atom. The van der Waals surface area contributed by atoms with Gasteiger partial charge in [-0.15, -0.1) is 0 Å². The highest BCUT2D eigenvalue weighted by Crippen LogP contribution is 2.22. The molecule has 0 radical (unpaired) electrons. The number of carbonyl (C=O) groups is 2. The molecule has 1 aliphatic heterocycles. The number of furan rings is 1. The van der Waals surface area contributed by atoms with E-state index in [1.165, 1.54) is 42.9 Å². The highest BCUT2D eigenvalue weighted by atomic mass is 16.3. The summed E-state index contributed by atoms with van der Waals surface area (Å²) in [6, 6.07) is 8.19. The molecule has 0 bridgehead atoms. The third kappa shape index (κ3) is 4.21. The van der Waals surface area contributed by atoms with Crippen LogP contribution in [0.2, 0.25) is 0 Å². The molecule has 4 rings (SSSR count). The lowest BCUT2D eigenvalue weighted by atomic mass is 9.90. The second kappa shape index (κ2) is 8.50. The maximum Gasteiger partial charge on any atom is 0.317 e. The number of fused-ring (bicyclic) bond motifs is 1. The second-order valence-electron chi connectivity index (χ2n) is 7.61. The van der Waals surface area contributed by atoms with Gasteiger partial charge in [0.25, 0.3) is 5.91 Å². The van der Waals surface area contributed by atoms with Crippen LogP contribution < -0.4 is 5.32 Å². The summed E-state index contributed by atoms with van der Waals surface area (Å²) in [4.78, 5) is 28.7. The van der Waals surface area contributed by atoms with Gasteiger partial charge in [0.05, 0.1) is 11.8 Å². The van der Waals surface area contributed by atoms with E-state index in [1.54, 1.807) is 15.9 Å². The van der Waals surface area contributed by atoms with E-state index in [1.807, 2.05) is 0 Å². The van der Waals surface area contributed by atoms with Gasteiger partial charge in [-0.05, 0) is 54.9 Å². The van der Waals surface area contributed by atoms with Crippen LogP contribution in [0, 0.1) is 0 Å². The SMILES string of the molecule is O=C(NCc1ccc2c(c1)CCCC2)N1CCCN(C(=O)c2ccoc2)CC1. The standard InChI is InChI=1S/C22H27N3O3/c26-21(20-8-13-28-16-20)24-9-3-10-25(12-11-24)22(27)23-15-17-6-7-18-4-1-2-5-19(18)14-17/h6-8,13-14,16H,1-5,9-12,15H2,(H,23,27). The molecule has 1 aromatic carbocycles. The van der Waals surface area contributed by atoms with Gasteiger partial charge in [-0.1, -0.05) is 18.2 Å². The highest BCUT2D eigenvalue weighted by molar-refractivity contribution is 5.93. The Morgan fingerprint density at radius 2 is 1.71 bits per heavy atom. The maximum atomic E-state index is 12.6. The molecular weight excluding hydrogens is 354 g/mol. The average molecular weight is 381 g/mol. The smallest absolute Gasteiger partial charge is 0.317 e. The summed E-state index contributed by atoms with van der Waals surface area (Å²) in [7, 11) is 0. The number of nitrogens with zero attached hydrogens (tertiary/aromatic N) is 2. The normalized spacial score (nSPS) is 17.0. The van der Waals surface area contributed by atoms with Crippen molar-refractivity contribution in [3.63, 3.8) is 0 Å². The van der Waals surface area contributed by atoms with E-state index in [-0.39, 0.29) is 11.9 Å². The third-order valence-corrected chi connectivity index (χ3v) is 5.70. The molecule has 1 aliphatic carbocycles. The van der Waals surface area contributed by atoms with Crippen LogP contribution in [-0.4, -0.2) is 47.9 Å². The van der Waals surface area contributed by atoms with E-state index in [2.05, 4.69) is 23.5 Å². The molecule has 1 fully saturated rings. The fourth-order valence-corrected chi connectivity index (χ4v) is 4.08. The van der Waals surface area contributed by atoms with E-state index >= 15 is 0 Å². The van der Waals surface area contributed by atoms with E-state index in [0.29, 0.717) is 38.3 Å². The lowest BCUT2D eigenvalue weighted by Crippen LogP contribution is -2.42. The molecule has 6 nitrogen and oxygen atoms in total. The van der Waals surface area contributed by atoms with Gasteiger partial charge in [0.2, 0.25) is 0 Å². The van der Waals surface area contributed by atoms with Crippen molar-refractivity contribution in [2.75, 3.05) is 26.2 Å². The maximum absolute atomic E-state index is 12.6. The van der Waals surface area contributed by atoms with Gasteiger partial charge >= 0.3 is 6.03 Å². The monoisotopic (exact) mass is 381 g/mol. The zero-order valence-electron chi connectivity index (χ0n) is 16.2. The zero-order chi connectivity index (χ0) is 19.3. The van der Waals surface area contributed by atoms with Crippen molar-refractivity contribution in [2.45, 2.75) is 38.6 Å². The number of urea groups is 1.